The molecule has 4 heterocycles. The quantitative estimate of drug-likeness (QED) is 0.396. The highest BCUT2D eigenvalue weighted by Gasteiger charge is 2.43. The van der Waals surface area contributed by atoms with Crippen LogP contribution in [0.25, 0.3) is 21.7 Å². The molecule has 3 aromatic carbocycles. The SMILES string of the molecule is C=C[C@H]1CN2CC[C@H]1C[C@@H]2[C@H](NC(=O)c1cccc2ccccc12)c1ccnc2ccccc12. The normalized spacial score (nSPS) is 24.7. The Bertz CT molecular complexity index is 1370. The van der Waals surface area contributed by atoms with Gasteiger partial charge in [0.1, 0.15) is 0 Å². The number of piperidine rings is 3. The highest BCUT2D eigenvalue weighted by atomic mass is 16.1. The summed E-state index contributed by atoms with van der Waals surface area (Å²) in [7, 11) is 0. The van der Waals surface area contributed by atoms with Crippen LogP contribution >= 0.6 is 0 Å². The number of nitrogens with one attached hydrogen (secondary N) is 1. The van der Waals surface area contributed by atoms with Gasteiger partial charge < -0.3 is 5.32 Å². The van der Waals surface area contributed by atoms with Gasteiger partial charge in [-0.1, -0.05) is 60.7 Å². The van der Waals surface area contributed by atoms with E-state index < -0.39 is 0 Å². The van der Waals surface area contributed by atoms with Crippen LogP contribution in [0.4, 0.5) is 0 Å². The van der Waals surface area contributed by atoms with Gasteiger partial charge in [0.25, 0.3) is 5.91 Å². The van der Waals surface area contributed by atoms with Gasteiger partial charge in [-0.15, -0.1) is 6.58 Å². The van der Waals surface area contributed by atoms with Gasteiger partial charge in [0.2, 0.25) is 0 Å². The lowest BCUT2D eigenvalue weighted by Gasteiger charge is -2.51. The van der Waals surface area contributed by atoms with Crippen LogP contribution in [0, 0.1) is 11.8 Å². The summed E-state index contributed by atoms with van der Waals surface area (Å²) < 4.78 is 0. The van der Waals surface area contributed by atoms with E-state index in [1.807, 2.05) is 48.7 Å². The van der Waals surface area contributed by atoms with Gasteiger partial charge in [0.05, 0.1) is 11.6 Å². The van der Waals surface area contributed by atoms with Crippen LogP contribution in [0.2, 0.25) is 0 Å². The zero-order valence-corrected chi connectivity index (χ0v) is 19.2. The van der Waals surface area contributed by atoms with E-state index in [1.54, 1.807) is 0 Å². The Labute approximate surface area is 200 Å². The van der Waals surface area contributed by atoms with E-state index in [0.29, 0.717) is 11.8 Å². The van der Waals surface area contributed by atoms with E-state index >= 15 is 0 Å². The summed E-state index contributed by atoms with van der Waals surface area (Å²) in [6.45, 7) is 6.17. The summed E-state index contributed by atoms with van der Waals surface area (Å²) in [4.78, 5) is 20.9. The van der Waals surface area contributed by atoms with E-state index in [4.69, 9.17) is 0 Å². The minimum atomic E-state index is -0.118. The lowest BCUT2D eigenvalue weighted by Crippen LogP contribution is -2.57. The maximum absolute atomic E-state index is 13.8. The Kier molecular flexibility index (Phi) is 5.39. The fourth-order valence-corrected chi connectivity index (χ4v) is 6.14. The molecule has 4 nitrogen and oxygen atoms in total. The van der Waals surface area contributed by atoms with Crippen molar-refractivity contribution in [2.75, 3.05) is 13.1 Å². The molecule has 5 atom stereocenters. The summed E-state index contributed by atoms with van der Waals surface area (Å²) in [5.41, 5.74) is 2.83. The number of rotatable bonds is 5. The third-order valence-electron chi connectivity index (χ3n) is 7.88. The molecule has 7 rings (SSSR count). The predicted molar refractivity (Wildman–Crippen MR) is 138 cm³/mol. The minimum Gasteiger partial charge on any atom is -0.344 e. The maximum Gasteiger partial charge on any atom is 0.252 e. The smallest absolute Gasteiger partial charge is 0.252 e. The fourth-order valence-electron chi connectivity index (χ4n) is 6.14. The van der Waals surface area contributed by atoms with Crippen LogP contribution in [0.15, 0.2) is 91.6 Å². The molecule has 2 bridgehead atoms. The van der Waals surface area contributed by atoms with Crippen molar-refractivity contribution < 1.29 is 4.79 Å². The molecule has 3 aliphatic rings. The summed E-state index contributed by atoms with van der Waals surface area (Å²) >= 11 is 0. The molecule has 3 fully saturated rings. The summed E-state index contributed by atoms with van der Waals surface area (Å²) in [5.74, 6) is 1.14. The van der Waals surface area contributed by atoms with Crippen LogP contribution in [0.3, 0.4) is 0 Å². The second kappa shape index (κ2) is 8.69. The van der Waals surface area contributed by atoms with Gasteiger partial charge in [-0.05, 0) is 65.8 Å². The molecule has 1 unspecified atom stereocenters. The standard InChI is InChI=1S/C30H29N3O/c1-2-20-19-33-17-15-22(20)18-28(33)29(25-14-16-31-27-13-6-5-11-24(25)27)32-30(34)26-12-7-9-21-8-3-4-10-23(21)26/h2-14,16,20,22,28-29H,1,15,17-19H2,(H,32,34)/t20-,22-,28+,29+/m0/s1. The molecular formula is C30H29N3O. The number of hydrogen-bond acceptors (Lipinski definition) is 3. The second-order valence-electron chi connectivity index (χ2n) is 9.64. The Morgan fingerprint density at radius 2 is 1.82 bits per heavy atom. The topological polar surface area (TPSA) is 45.2 Å². The Balaban J connectivity index is 1.42. The van der Waals surface area contributed by atoms with Crippen molar-refractivity contribution >= 4 is 27.6 Å². The Morgan fingerprint density at radius 1 is 1.03 bits per heavy atom. The molecular weight excluding hydrogens is 418 g/mol. The molecule has 34 heavy (non-hydrogen) atoms. The largest absolute Gasteiger partial charge is 0.344 e. The van der Waals surface area contributed by atoms with Crippen LogP contribution < -0.4 is 5.32 Å². The molecule has 1 amide bonds. The number of aromatic nitrogens is 1. The molecule has 4 heteroatoms. The summed E-state index contributed by atoms with van der Waals surface area (Å²) in [6.07, 6.45) is 6.26. The maximum atomic E-state index is 13.8. The first-order valence-electron chi connectivity index (χ1n) is 12.2. The van der Waals surface area contributed by atoms with E-state index in [1.165, 1.54) is 6.42 Å². The average Bonchev–Trinajstić information content (AvgIpc) is 2.91. The molecule has 0 radical (unpaired) electrons. The van der Waals surface area contributed by atoms with E-state index in [2.05, 4.69) is 58.2 Å². The first kappa shape index (κ1) is 21.1. The zero-order chi connectivity index (χ0) is 23.1. The monoisotopic (exact) mass is 447 g/mol. The molecule has 3 saturated heterocycles. The number of fused-ring (bicyclic) bond motifs is 5. The average molecular weight is 448 g/mol. The second-order valence-corrected chi connectivity index (χ2v) is 9.64. The first-order valence-corrected chi connectivity index (χ1v) is 12.2. The summed E-state index contributed by atoms with van der Waals surface area (Å²) in [6, 6.07) is 24.5. The molecule has 4 aromatic rings. The molecule has 170 valence electrons. The third kappa shape index (κ3) is 3.59. The number of amides is 1. The van der Waals surface area contributed by atoms with Crippen molar-refractivity contribution in [3.63, 3.8) is 0 Å². The highest BCUT2D eigenvalue weighted by molar-refractivity contribution is 6.07. The van der Waals surface area contributed by atoms with Gasteiger partial charge in [-0.25, -0.2) is 0 Å². The lowest BCUT2D eigenvalue weighted by atomic mass is 9.73. The number of benzene rings is 3. The van der Waals surface area contributed by atoms with Crippen LogP contribution in [0.5, 0.6) is 0 Å². The number of nitrogens with zero attached hydrogens (tertiary/aromatic N) is 2. The van der Waals surface area contributed by atoms with Crippen molar-refractivity contribution in [2.24, 2.45) is 11.8 Å². The van der Waals surface area contributed by atoms with Gasteiger partial charge in [-0.3, -0.25) is 14.7 Å². The van der Waals surface area contributed by atoms with Gasteiger partial charge in [-0.2, -0.15) is 0 Å². The molecule has 0 aliphatic carbocycles. The van der Waals surface area contributed by atoms with Crippen molar-refractivity contribution in [3.05, 3.63) is 103 Å². The Hall–Kier alpha value is -3.50. The van der Waals surface area contributed by atoms with E-state index in [-0.39, 0.29) is 18.0 Å². The summed E-state index contributed by atoms with van der Waals surface area (Å²) in [5, 5.41) is 6.66. The van der Waals surface area contributed by atoms with Crippen LogP contribution in [0.1, 0.15) is 34.8 Å². The lowest BCUT2D eigenvalue weighted by molar-refractivity contribution is 0.00172. The molecule has 3 aliphatic heterocycles. The van der Waals surface area contributed by atoms with Crippen molar-refractivity contribution in [3.8, 4) is 0 Å². The van der Waals surface area contributed by atoms with Gasteiger partial charge in [0, 0.05) is 29.7 Å². The van der Waals surface area contributed by atoms with Crippen molar-refractivity contribution in [1.82, 2.24) is 15.2 Å². The van der Waals surface area contributed by atoms with Gasteiger partial charge in [0.15, 0.2) is 0 Å². The highest BCUT2D eigenvalue weighted by Crippen LogP contribution is 2.42. The van der Waals surface area contributed by atoms with Gasteiger partial charge >= 0.3 is 0 Å². The number of hydrogen-bond donors (Lipinski definition) is 1. The fraction of sp³-hybridized carbons (Fsp3) is 0.267. The van der Waals surface area contributed by atoms with E-state index in [9.17, 15) is 4.79 Å². The van der Waals surface area contributed by atoms with Crippen molar-refractivity contribution in [2.45, 2.75) is 24.9 Å². The zero-order valence-electron chi connectivity index (χ0n) is 19.2. The number of pyridine rings is 1. The van der Waals surface area contributed by atoms with E-state index in [0.717, 1.165) is 52.3 Å². The predicted octanol–water partition coefficient (Wildman–Crippen LogP) is 5.76. The molecule has 1 aromatic heterocycles. The minimum absolute atomic E-state index is 0.0226. The van der Waals surface area contributed by atoms with Crippen LogP contribution in [-0.2, 0) is 0 Å². The van der Waals surface area contributed by atoms with Crippen molar-refractivity contribution in [1.29, 1.82) is 0 Å². The Morgan fingerprint density at radius 3 is 2.65 bits per heavy atom. The van der Waals surface area contributed by atoms with Crippen LogP contribution in [-0.4, -0.2) is 34.9 Å². The molecule has 0 spiro atoms. The number of carbonyl (C=O) groups is 1. The molecule has 1 N–H and O–H groups in total. The first-order chi connectivity index (χ1) is 16.7. The third-order valence-corrected chi connectivity index (χ3v) is 7.88. The number of carbonyl (C=O) groups excluding carboxylic acids is 1. The number of para-hydroxylation sites is 1. The molecule has 0 saturated carbocycles.